The summed E-state index contributed by atoms with van der Waals surface area (Å²) in [6.07, 6.45) is 1.86. The summed E-state index contributed by atoms with van der Waals surface area (Å²) >= 11 is 1.84. The second-order valence-electron chi connectivity index (χ2n) is 4.68. The van der Waals surface area contributed by atoms with Gasteiger partial charge in [0.25, 0.3) is 0 Å². The zero-order valence-electron chi connectivity index (χ0n) is 10.7. The van der Waals surface area contributed by atoms with Gasteiger partial charge in [-0.05, 0) is 42.4 Å². The van der Waals surface area contributed by atoms with E-state index in [1.807, 2.05) is 11.8 Å². The summed E-state index contributed by atoms with van der Waals surface area (Å²) in [6.45, 7) is 0.264. The SMILES string of the molecule is Nc1c(F)ccc(S(=O)(=O)NCC2CCSCC2)c1F. The molecule has 0 aliphatic carbocycles. The number of benzene rings is 1. The van der Waals surface area contributed by atoms with Crippen molar-refractivity contribution in [2.24, 2.45) is 5.92 Å². The molecule has 112 valence electrons. The van der Waals surface area contributed by atoms with Crippen LogP contribution in [-0.4, -0.2) is 26.5 Å². The van der Waals surface area contributed by atoms with Gasteiger partial charge in [0.15, 0.2) is 5.82 Å². The normalized spacial score (nSPS) is 17.3. The average molecular weight is 322 g/mol. The smallest absolute Gasteiger partial charge is 0.243 e. The molecule has 0 saturated carbocycles. The number of hydrogen-bond acceptors (Lipinski definition) is 4. The van der Waals surface area contributed by atoms with Gasteiger partial charge in [-0.25, -0.2) is 21.9 Å². The molecule has 3 N–H and O–H groups in total. The van der Waals surface area contributed by atoms with Gasteiger partial charge in [0.1, 0.15) is 16.4 Å². The van der Waals surface area contributed by atoms with Gasteiger partial charge in [0, 0.05) is 6.54 Å². The third kappa shape index (κ3) is 3.42. The molecule has 1 aliphatic heterocycles. The Bertz CT molecular complexity index is 587. The van der Waals surface area contributed by atoms with Crippen molar-refractivity contribution in [1.82, 2.24) is 4.72 Å². The molecule has 0 atom stereocenters. The van der Waals surface area contributed by atoms with Gasteiger partial charge >= 0.3 is 0 Å². The molecule has 20 heavy (non-hydrogen) atoms. The summed E-state index contributed by atoms with van der Waals surface area (Å²) in [5.41, 5.74) is 4.40. The molecule has 0 spiro atoms. The molecule has 4 nitrogen and oxygen atoms in total. The Morgan fingerprint density at radius 2 is 1.95 bits per heavy atom. The van der Waals surface area contributed by atoms with Crippen molar-refractivity contribution in [1.29, 1.82) is 0 Å². The van der Waals surface area contributed by atoms with Crippen LogP contribution in [-0.2, 0) is 10.0 Å². The van der Waals surface area contributed by atoms with Gasteiger partial charge in [-0.2, -0.15) is 11.8 Å². The van der Waals surface area contributed by atoms with Crippen LogP contribution in [0.3, 0.4) is 0 Å². The fourth-order valence-electron chi connectivity index (χ4n) is 2.01. The molecule has 0 amide bonds. The summed E-state index contributed by atoms with van der Waals surface area (Å²) < 4.78 is 53.2. The lowest BCUT2D eigenvalue weighted by Crippen LogP contribution is -2.31. The third-order valence-electron chi connectivity index (χ3n) is 3.28. The highest BCUT2D eigenvalue weighted by Gasteiger charge is 2.24. The summed E-state index contributed by atoms with van der Waals surface area (Å²) in [6, 6.07) is 1.74. The topological polar surface area (TPSA) is 72.2 Å². The van der Waals surface area contributed by atoms with Crippen LogP contribution in [0.4, 0.5) is 14.5 Å². The minimum Gasteiger partial charge on any atom is -0.394 e. The van der Waals surface area contributed by atoms with Crippen LogP contribution in [0.2, 0.25) is 0 Å². The maximum absolute atomic E-state index is 13.7. The molecule has 1 heterocycles. The zero-order chi connectivity index (χ0) is 14.8. The Morgan fingerprint density at radius 1 is 1.30 bits per heavy atom. The Hall–Kier alpha value is -0.860. The highest BCUT2D eigenvalue weighted by atomic mass is 32.2. The molecule has 0 aromatic heterocycles. The van der Waals surface area contributed by atoms with E-state index < -0.39 is 32.2 Å². The van der Waals surface area contributed by atoms with Gasteiger partial charge in [-0.1, -0.05) is 0 Å². The van der Waals surface area contributed by atoms with Gasteiger partial charge in [-0.3, -0.25) is 0 Å². The van der Waals surface area contributed by atoms with Crippen molar-refractivity contribution in [2.75, 3.05) is 23.8 Å². The number of thioether (sulfide) groups is 1. The van der Waals surface area contributed by atoms with Crippen LogP contribution in [0.5, 0.6) is 0 Å². The van der Waals surface area contributed by atoms with Crippen molar-refractivity contribution in [3.05, 3.63) is 23.8 Å². The van der Waals surface area contributed by atoms with E-state index in [-0.39, 0.29) is 12.5 Å². The predicted molar refractivity (Wildman–Crippen MR) is 76.0 cm³/mol. The maximum atomic E-state index is 13.7. The van der Waals surface area contributed by atoms with Crippen molar-refractivity contribution in [3.63, 3.8) is 0 Å². The predicted octanol–water partition coefficient (Wildman–Crippen LogP) is 1.97. The number of rotatable bonds is 4. The first-order valence-corrected chi connectivity index (χ1v) is 8.86. The second kappa shape index (κ2) is 6.28. The first kappa shape index (κ1) is 15.5. The molecule has 1 aliphatic rings. The summed E-state index contributed by atoms with van der Waals surface area (Å²) in [5, 5.41) is 0. The summed E-state index contributed by atoms with van der Waals surface area (Å²) in [5.74, 6) is 0.0587. The van der Waals surface area contributed by atoms with E-state index in [1.54, 1.807) is 0 Å². The number of sulfonamides is 1. The van der Waals surface area contributed by atoms with Crippen molar-refractivity contribution < 1.29 is 17.2 Å². The second-order valence-corrected chi connectivity index (χ2v) is 7.64. The monoisotopic (exact) mass is 322 g/mol. The first-order valence-electron chi connectivity index (χ1n) is 6.22. The third-order valence-corrected chi connectivity index (χ3v) is 5.77. The highest BCUT2D eigenvalue weighted by molar-refractivity contribution is 7.99. The molecule has 8 heteroatoms. The number of nitrogens with one attached hydrogen (secondary N) is 1. The Morgan fingerprint density at radius 3 is 2.60 bits per heavy atom. The van der Waals surface area contributed by atoms with E-state index in [0.29, 0.717) is 0 Å². The molecular weight excluding hydrogens is 306 g/mol. The Kier molecular flexibility index (Phi) is 4.87. The number of halogens is 2. The van der Waals surface area contributed by atoms with Crippen LogP contribution >= 0.6 is 11.8 Å². The molecule has 1 aromatic rings. The van der Waals surface area contributed by atoms with E-state index >= 15 is 0 Å². The summed E-state index contributed by atoms with van der Waals surface area (Å²) in [4.78, 5) is -0.610. The number of anilines is 1. The van der Waals surface area contributed by atoms with Gasteiger partial charge in [-0.15, -0.1) is 0 Å². The number of nitrogen functional groups attached to an aromatic ring is 1. The van der Waals surface area contributed by atoms with Crippen molar-refractivity contribution in [3.8, 4) is 0 Å². The molecule has 1 aromatic carbocycles. The van der Waals surface area contributed by atoms with Crippen LogP contribution < -0.4 is 10.5 Å². The van der Waals surface area contributed by atoms with E-state index in [0.717, 1.165) is 36.5 Å². The highest BCUT2D eigenvalue weighted by Crippen LogP contribution is 2.24. The molecule has 2 rings (SSSR count). The lowest BCUT2D eigenvalue weighted by Gasteiger charge is -2.21. The zero-order valence-corrected chi connectivity index (χ0v) is 12.4. The molecule has 1 saturated heterocycles. The van der Waals surface area contributed by atoms with Crippen LogP contribution in [0.1, 0.15) is 12.8 Å². The van der Waals surface area contributed by atoms with Gasteiger partial charge < -0.3 is 5.73 Å². The minimum atomic E-state index is -4.01. The molecule has 1 fully saturated rings. The van der Waals surface area contributed by atoms with Crippen molar-refractivity contribution in [2.45, 2.75) is 17.7 Å². The summed E-state index contributed by atoms with van der Waals surface area (Å²) in [7, 11) is -4.01. The van der Waals surface area contributed by atoms with E-state index in [9.17, 15) is 17.2 Å². The fraction of sp³-hybridized carbons (Fsp3) is 0.500. The Labute approximate surface area is 121 Å². The minimum absolute atomic E-state index is 0.256. The van der Waals surface area contributed by atoms with Crippen LogP contribution in [0.15, 0.2) is 17.0 Å². The van der Waals surface area contributed by atoms with E-state index in [2.05, 4.69) is 4.72 Å². The van der Waals surface area contributed by atoms with Crippen LogP contribution in [0, 0.1) is 17.6 Å². The first-order chi connectivity index (χ1) is 9.42. The standard InChI is InChI=1S/C12H16F2N2O2S2/c13-9-1-2-10(11(14)12(9)15)20(17,18)16-7-8-3-5-19-6-4-8/h1-2,8,16H,3-7,15H2. The van der Waals surface area contributed by atoms with Crippen LogP contribution in [0.25, 0.3) is 0 Å². The number of nitrogens with two attached hydrogens (primary N) is 1. The lowest BCUT2D eigenvalue weighted by atomic mass is 10.0. The largest absolute Gasteiger partial charge is 0.394 e. The maximum Gasteiger partial charge on any atom is 0.243 e. The Balaban J connectivity index is 2.12. The molecule has 0 bridgehead atoms. The van der Waals surface area contributed by atoms with E-state index in [4.69, 9.17) is 5.73 Å². The van der Waals surface area contributed by atoms with Gasteiger partial charge in [0.05, 0.1) is 0 Å². The molecule has 0 unspecified atom stereocenters. The molecule has 0 radical (unpaired) electrons. The average Bonchev–Trinajstić information content (AvgIpc) is 2.44. The fourth-order valence-corrected chi connectivity index (χ4v) is 4.42. The quantitative estimate of drug-likeness (QED) is 0.831. The van der Waals surface area contributed by atoms with Crippen molar-refractivity contribution >= 4 is 27.5 Å². The molecular formula is C12H16F2N2O2S2. The number of hydrogen-bond donors (Lipinski definition) is 2. The lowest BCUT2D eigenvalue weighted by molar-refractivity contribution is 0.474. The van der Waals surface area contributed by atoms with Gasteiger partial charge in [0.2, 0.25) is 10.0 Å². The van der Waals surface area contributed by atoms with E-state index in [1.165, 1.54) is 0 Å².